The molecule has 0 aliphatic carbocycles. The Kier molecular flexibility index (Phi) is 11.7. The Hall–Kier alpha value is -5.21. The molecular formula is C39H48N8O6. The second kappa shape index (κ2) is 17.1. The Morgan fingerprint density at radius 2 is 1.36 bits per heavy atom. The Balaban J connectivity index is 0.996. The van der Waals surface area contributed by atoms with E-state index in [2.05, 4.69) is 62.0 Å². The van der Waals surface area contributed by atoms with Gasteiger partial charge in [-0.3, -0.25) is 4.79 Å². The Labute approximate surface area is 309 Å². The average Bonchev–Trinajstić information content (AvgIpc) is 3.99. The predicted molar refractivity (Wildman–Crippen MR) is 198 cm³/mol. The lowest BCUT2D eigenvalue weighted by Gasteiger charge is -2.33. The minimum Gasteiger partial charge on any atom is -0.453 e. The maximum Gasteiger partial charge on any atom is 0.407 e. The maximum atomic E-state index is 13.3. The van der Waals surface area contributed by atoms with Crippen molar-refractivity contribution in [1.29, 1.82) is 0 Å². The fraction of sp³-hybridized carbons (Fsp3) is 0.462. The zero-order chi connectivity index (χ0) is 36.6. The first-order chi connectivity index (χ1) is 26.0. The third-order valence-electron chi connectivity index (χ3n) is 10.3. The molecule has 5 heterocycles. The van der Waals surface area contributed by atoms with Crippen LogP contribution in [0.1, 0.15) is 68.7 Å². The zero-order valence-electron chi connectivity index (χ0n) is 30.1. The number of rotatable bonds is 6. The molecule has 3 aliphatic heterocycles. The summed E-state index contributed by atoms with van der Waals surface area (Å²) in [5.41, 5.74) is 5.88. The van der Waals surface area contributed by atoms with Gasteiger partial charge in [-0.15, -0.1) is 0 Å². The number of amides is 4. The van der Waals surface area contributed by atoms with Crippen LogP contribution in [0.4, 0.5) is 9.59 Å². The van der Waals surface area contributed by atoms with Crippen molar-refractivity contribution in [3.63, 3.8) is 0 Å². The van der Waals surface area contributed by atoms with Crippen LogP contribution in [0.5, 0.6) is 0 Å². The quantitative estimate of drug-likeness (QED) is 0.200. The third kappa shape index (κ3) is 8.71. The number of ether oxygens (including phenoxy) is 3. The number of benzene rings is 2. The summed E-state index contributed by atoms with van der Waals surface area (Å²) in [6.45, 7) is 4.28. The molecule has 0 unspecified atom stereocenters. The van der Waals surface area contributed by atoms with Crippen molar-refractivity contribution in [2.24, 2.45) is 0 Å². The molecule has 0 saturated carbocycles. The highest BCUT2D eigenvalue weighted by molar-refractivity contribution is 5.86. The molecule has 4 aromatic rings. The van der Waals surface area contributed by atoms with Gasteiger partial charge in [0.25, 0.3) is 0 Å². The van der Waals surface area contributed by atoms with Crippen LogP contribution < -0.4 is 10.6 Å². The number of aromatic nitrogens is 4. The van der Waals surface area contributed by atoms with Crippen molar-refractivity contribution in [3.8, 4) is 33.6 Å². The minimum atomic E-state index is -0.695. The van der Waals surface area contributed by atoms with E-state index >= 15 is 0 Å². The number of hydrogen-bond donors (Lipinski definition) is 4. The number of carbonyl (C=O) groups is 3. The van der Waals surface area contributed by atoms with E-state index in [1.54, 1.807) is 6.20 Å². The first kappa shape index (κ1) is 36.2. The van der Waals surface area contributed by atoms with Crippen LogP contribution in [-0.4, -0.2) is 107 Å². The number of nitrogens with zero attached hydrogens (tertiary/aromatic N) is 4. The van der Waals surface area contributed by atoms with Gasteiger partial charge in [-0.25, -0.2) is 19.6 Å². The average molecular weight is 725 g/mol. The van der Waals surface area contributed by atoms with Crippen molar-refractivity contribution in [1.82, 2.24) is 40.4 Å². The van der Waals surface area contributed by atoms with E-state index in [0.717, 1.165) is 78.1 Å². The van der Waals surface area contributed by atoms with Crippen LogP contribution in [0.3, 0.4) is 0 Å². The standard InChI is InChI=1S/C39H48N8O6/c1-51-38(49)45-31-6-3-2-4-20-52-21-16-30(44-37(31)48)35-40-24-32(42-35)28-12-8-26(9-13-28)27-10-14-29(15-11-27)33-25-41-36(43-33)34-7-5-17-47(34)39(50)46-18-22-53-23-19-46/h8-15,24-25,30-31,34H,2-7,16-23H2,1H3,(H,40,42)(H,41,43)(H,44,48)(H,45,49)/t30-,31-,34-/m0/s1. The van der Waals surface area contributed by atoms with Crippen LogP contribution in [-0.2, 0) is 19.0 Å². The van der Waals surface area contributed by atoms with E-state index in [9.17, 15) is 14.4 Å². The summed E-state index contributed by atoms with van der Waals surface area (Å²) in [6, 6.07) is 15.5. The van der Waals surface area contributed by atoms with E-state index in [1.807, 2.05) is 28.1 Å². The summed E-state index contributed by atoms with van der Waals surface area (Å²) < 4.78 is 16.0. The number of H-pyrrole nitrogens is 2. The van der Waals surface area contributed by atoms with Crippen LogP contribution in [0, 0.1) is 0 Å². The Morgan fingerprint density at radius 3 is 2.04 bits per heavy atom. The first-order valence-electron chi connectivity index (χ1n) is 18.6. The molecule has 0 radical (unpaired) electrons. The lowest BCUT2D eigenvalue weighted by Crippen LogP contribution is -2.48. The third-order valence-corrected chi connectivity index (χ3v) is 10.3. The normalized spacial score (nSPS) is 21.7. The van der Waals surface area contributed by atoms with Gasteiger partial charge in [0.1, 0.15) is 17.7 Å². The molecule has 3 aliphatic rings. The molecular weight excluding hydrogens is 676 g/mol. The van der Waals surface area contributed by atoms with Crippen LogP contribution in [0.15, 0.2) is 60.9 Å². The van der Waals surface area contributed by atoms with Gasteiger partial charge < -0.3 is 44.6 Å². The summed E-state index contributed by atoms with van der Waals surface area (Å²) in [5.74, 6) is 1.16. The first-order valence-corrected chi connectivity index (χ1v) is 18.6. The van der Waals surface area contributed by atoms with E-state index in [-0.39, 0.29) is 18.0 Å². The molecule has 3 saturated heterocycles. The van der Waals surface area contributed by atoms with Gasteiger partial charge in [-0.05, 0) is 54.4 Å². The van der Waals surface area contributed by atoms with Crippen LogP contribution in [0.25, 0.3) is 33.6 Å². The second-order valence-corrected chi connectivity index (χ2v) is 13.8. The lowest BCUT2D eigenvalue weighted by molar-refractivity contribution is -0.124. The second-order valence-electron chi connectivity index (χ2n) is 13.8. The molecule has 3 atom stereocenters. The summed E-state index contributed by atoms with van der Waals surface area (Å²) in [7, 11) is 1.29. The van der Waals surface area contributed by atoms with Gasteiger partial charge in [-0.1, -0.05) is 61.4 Å². The number of nitrogens with one attached hydrogen (secondary N) is 4. The molecule has 3 fully saturated rings. The molecule has 4 amide bonds. The molecule has 2 aromatic heterocycles. The van der Waals surface area contributed by atoms with Crippen LogP contribution in [0.2, 0.25) is 0 Å². The highest BCUT2D eigenvalue weighted by atomic mass is 16.5. The molecule has 14 heteroatoms. The largest absolute Gasteiger partial charge is 0.453 e. The smallest absolute Gasteiger partial charge is 0.407 e. The number of morpholine rings is 1. The molecule has 53 heavy (non-hydrogen) atoms. The molecule has 0 bridgehead atoms. The van der Waals surface area contributed by atoms with E-state index in [0.29, 0.717) is 58.2 Å². The topological polar surface area (TPSA) is 167 Å². The summed E-state index contributed by atoms with van der Waals surface area (Å²) in [4.78, 5) is 58.5. The fourth-order valence-electron chi connectivity index (χ4n) is 7.27. The molecule has 4 N–H and O–H groups in total. The number of alkyl carbamates (subject to hydrolysis) is 1. The van der Waals surface area contributed by atoms with Crippen molar-refractivity contribution in [2.75, 3.05) is 53.2 Å². The Morgan fingerprint density at radius 1 is 0.736 bits per heavy atom. The molecule has 280 valence electrons. The molecule has 2 aromatic carbocycles. The number of likely N-dealkylation sites (tertiary alicyclic amines) is 1. The summed E-state index contributed by atoms with van der Waals surface area (Å²) in [6.07, 6.45) is 8.47. The van der Waals surface area contributed by atoms with Gasteiger partial charge in [0.05, 0.1) is 56.2 Å². The van der Waals surface area contributed by atoms with Gasteiger partial charge in [0.15, 0.2) is 0 Å². The summed E-state index contributed by atoms with van der Waals surface area (Å²) in [5, 5.41) is 5.74. The maximum absolute atomic E-state index is 13.3. The van der Waals surface area contributed by atoms with Gasteiger partial charge in [0, 0.05) is 32.8 Å². The van der Waals surface area contributed by atoms with Gasteiger partial charge >= 0.3 is 12.1 Å². The van der Waals surface area contributed by atoms with Crippen molar-refractivity contribution >= 4 is 18.0 Å². The number of aromatic amines is 2. The Bertz CT molecular complexity index is 1830. The number of hydrogen-bond acceptors (Lipinski definition) is 8. The molecule has 14 nitrogen and oxygen atoms in total. The fourth-order valence-corrected chi connectivity index (χ4v) is 7.27. The lowest BCUT2D eigenvalue weighted by atomic mass is 10.0. The molecule has 0 spiro atoms. The zero-order valence-corrected chi connectivity index (χ0v) is 30.1. The number of carbonyl (C=O) groups excluding carboxylic acids is 3. The minimum absolute atomic E-state index is 0.0571. The van der Waals surface area contributed by atoms with Crippen molar-refractivity contribution < 1.29 is 28.6 Å². The van der Waals surface area contributed by atoms with E-state index in [1.165, 1.54) is 7.11 Å². The number of methoxy groups -OCH3 is 1. The van der Waals surface area contributed by atoms with Crippen molar-refractivity contribution in [3.05, 3.63) is 72.6 Å². The SMILES string of the molecule is COC(=O)N[C@H]1CCCCCOCC[C@@H](c2ncc(-c3ccc(-c4ccc(-c5cnc([C@@H]6CCCN6C(=O)N6CCOCC6)[nH]5)cc4)cc3)[nH]2)NC1=O. The van der Waals surface area contributed by atoms with E-state index in [4.69, 9.17) is 19.2 Å². The molecule has 7 rings (SSSR count). The number of urea groups is 1. The van der Waals surface area contributed by atoms with Gasteiger partial charge in [0.2, 0.25) is 5.91 Å². The monoisotopic (exact) mass is 724 g/mol. The van der Waals surface area contributed by atoms with E-state index < -0.39 is 18.2 Å². The predicted octanol–water partition coefficient (Wildman–Crippen LogP) is 5.59. The highest BCUT2D eigenvalue weighted by Gasteiger charge is 2.35. The van der Waals surface area contributed by atoms with Crippen LogP contribution >= 0.6 is 0 Å². The van der Waals surface area contributed by atoms with Gasteiger partial charge in [-0.2, -0.15) is 0 Å². The highest BCUT2D eigenvalue weighted by Crippen LogP contribution is 2.33. The van der Waals surface area contributed by atoms with Crippen molar-refractivity contribution in [2.45, 2.75) is 63.1 Å². The number of imidazole rings is 2. The summed E-state index contributed by atoms with van der Waals surface area (Å²) >= 11 is 0.